The monoisotopic (exact) mass is 728 g/mol. The molecule has 0 amide bonds. The lowest BCUT2D eigenvalue weighted by Gasteiger charge is -2.32. The Hall–Kier alpha value is -3.13. The zero-order chi connectivity index (χ0) is 37.2. The fraction of sp³-hybridized carbons (Fsp3) is 0.529. The van der Waals surface area contributed by atoms with Gasteiger partial charge in [-0.15, -0.1) is 0 Å². The molecule has 0 atom stereocenters. The van der Waals surface area contributed by atoms with Crippen LogP contribution in [0.4, 0.5) is 0 Å². The molecule has 0 radical (unpaired) electrons. The molecule has 268 valence electrons. The molecule has 1 N–H and O–H groups in total. The van der Waals surface area contributed by atoms with Gasteiger partial charge < -0.3 is 28.5 Å². The van der Waals surface area contributed by atoms with Crippen LogP contribution in [0.15, 0.2) is 36.7 Å². The molecule has 0 aliphatic carbocycles. The predicted octanol–water partition coefficient (Wildman–Crippen LogP) is 5.40. The second kappa shape index (κ2) is 13.1. The molecule has 0 unspecified atom stereocenters. The molecule has 2 aromatic carbocycles. The lowest BCUT2D eigenvalue weighted by atomic mass is 9.78. The molecule has 0 saturated carbocycles. The van der Waals surface area contributed by atoms with E-state index in [1.165, 1.54) is 4.68 Å². The molecule has 4 aromatic rings. The van der Waals surface area contributed by atoms with Crippen molar-refractivity contribution in [1.29, 1.82) is 0 Å². The van der Waals surface area contributed by atoms with Crippen molar-refractivity contribution < 1.29 is 38.0 Å². The van der Waals surface area contributed by atoms with Crippen LogP contribution >= 0.6 is 23.2 Å². The number of hydrogen-bond acceptors (Lipinski definition) is 9. The third-order valence-electron chi connectivity index (χ3n) is 9.42. The number of hydrogen-bond donors (Lipinski definition) is 1. The summed E-state index contributed by atoms with van der Waals surface area (Å²) in [7, 11) is -1.12. The van der Waals surface area contributed by atoms with Crippen molar-refractivity contribution in [3.8, 4) is 0 Å². The summed E-state index contributed by atoms with van der Waals surface area (Å²) < 4.78 is 32.5. The Kier molecular flexibility index (Phi) is 10.0. The summed E-state index contributed by atoms with van der Waals surface area (Å²) in [6, 6.07) is 7.32. The van der Waals surface area contributed by atoms with Gasteiger partial charge in [-0.25, -0.2) is 0 Å². The van der Waals surface area contributed by atoms with Crippen molar-refractivity contribution >= 4 is 82.1 Å². The van der Waals surface area contributed by atoms with Crippen LogP contribution in [0.1, 0.15) is 76.2 Å². The molecule has 2 aliphatic rings. The average molecular weight is 729 g/mol. The van der Waals surface area contributed by atoms with Crippen LogP contribution in [0.3, 0.4) is 0 Å². The third kappa shape index (κ3) is 7.70. The van der Waals surface area contributed by atoms with E-state index in [1.54, 1.807) is 23.1 Å². The van der Waals surface area contributed by atoms with Crippen LogP contribution in [-0.2, 0) is 46.0 Å². The first-order valence-corrected chi connectivity index (χ1v) is 17.1. The zero-order valence-electron chi connectivity index (χ0n) is 30.4. The summed E-state index contributed by atoms with van der Waals surface area (Å²) >= 11 is 13.1. The van der Waals surface area contributed by atoms with Crippen molar-refractivity contribution in [1.82, 2.24) is 19.6 Å². The number of aromatic nitrogens is 4. The number of carbonyl (C=O) groups excluding carboxylic acids is 1. The van der Waals surface area contributed by atoms with Crippen LogP contribution in [0, 0.1) is 0 Å². The summed E-state index contributed by atoms with van der Waals surface area (Å²) in [6.07, 6.45) is 3.37. The Morgan fingerprint density at radius 1 is 0.720 bits per heavy atom. The average Bonchev–Trinajstić information content (AvgIpc) is 3.65. The quantitative estimate of drug-likeness (QED) is 0.203. The van der Waals surface area contributed by atoms with Gasteiger partial charge in [0.05, 0.1) is 43.5 Å². The first kappa shape index (κ1) is 38.1. The van der Waals surface area contributed by atoms with Crippen LogP contribution < -0.4 is 10.9 Å². The molecule has 6 rings (SSSR count). The first-order chi connectivity index (χ1) is 22.9. The molecule has 2 aromatic heterocycles. The van der Waals surface area contributed by atoms with Gasteiger partial charge in [-0.1, -0.05) is 35.3 Å². The van der Waals surface area contributed by atoms with Gasteiger partial charge in [0.2, 0.25) is 0 Å². The van der Waals surface area contributed by atoms with Crippen molar-refractivity contribution in [2.45, 2.75) is 117 Å². The topological polar surface area (TPSA) is 136 Å². The number of benzene rings is 2. The third-order valence-corrected chi connectivity index (χ3v) is 10.3. The maximum Gasteiger partial charge on any atom is 0.496 e. The Morgan fingerprint density at radius 3 is 1.42 bits per heavy atom. The van der Waals surface area contributed by atoms with Gasteiger partial charge in [0.1, 0.15) is 18.7 Å². The van der Waals surface area contributed by atoms with Gasteiger partial charge in [0.25, 0.3) is 0 Å². The minimum absolute atomic E-state index is 0.0219. The van der Waals surface area contributed by atoms with Gasteiger partial charge in [-0.05, 0) is 88.3 Å². The fourth-order valence-electron chi connectivity index (χ4n) is 5.36. The standard InChI is InChI=1S/C19H26BClN2O4.C15H18BClN2O4/c1-17(2,3)25-15(24)11-23-10-12-14(22-23)9-8-13(16(12)21)20-26-18(4,5)19(6,7)27-20;1-14(2)15(3,4)23-16(22-14)10-5-6-11-9(13(10)17)7-19(18-11)8-12(20)21/h8-10H,11H2,1-7H3;5-7H,8H2,1-4H3,(H,20,21). The van der Waals surface area contributed by atoms with E-state index in [-0.39, 0.29) is 19.1 Å². The largest absolute Gasteiger partial charge is 0.496 e. The molecular weight excluding hydrogens is 685 g/mol. The lowest BCUT2D eigenvalue weighted by Crippen LogP contribution is -2.41. The van der Waals surface area contributed by atoms with E-state index in [2.05, 4.69) is 10.2 Å². The van der Waals surface area contributed by atoms with Gasteiger partial charge in [0.15, 0.2) is 0 Å². The van der Waals surface area contributed by atoms with Crippen molar-refractivity contribution in [3.05, 3.63) is 46.7 Å². The maximum atomic E-state index is 12.1. The highest BCUT2D eigenvalue weighted by Crippen LogP contribution is 2.39. The normalized spacial score (nSPS) is 19.1. The molecule has 2 aliphatic heterocycles. The highest BCUT2D eigenvalue weighted by molar-refractivity contribution is 6.67. The Bertz CT molecular complexity index is 1920. The second-order valence-electron chi connectivity index (χ2n) is 15.6. The van der Waals surface area contributed by atoms with Gasteiger partial charge in [0, 0.05) is 34.1 Å². The summed E-state index contributed by atoms with van der Waals surface area (Å²) in [6.45, 7) is 21.2. The Balaban J connectivity index is 0.000000197. The number of fused-ring (bicyclic) bond motifs is 2. The number of carboxylic acid groups (broad SMARTS) is 1. The van der Waals surface area contributed by atoms with Crippen LogP contribution in [-0.4, -0.2) is 78.8 Å². The number of halogens is 2. The fourth-order valence-corrected chi connectivity index (χ4v) is 5.96. The van der Waals surface area contributed by atoms with E-state index in [9.17, 15) is 9.59 Å². The van der Waals surface area contributed by atoms with Crippen LogP contribution in [0.25, 0.3) is 21.8 Å². The van der Waals surface area contributed by atoms with Crippen molar-refractivity contribution in [2.24, 2.45) is 0 Å². The summed E-state index contributed by atoms with van der Waals surface area (Å²) in [5.74, 6) is -1.31. The smallest absolute Gasteiger partial charge is 0.480 e. The number of carbonyl (C=O) groups is 2. The number of aliphatic carboxylic acids is 1. The van der Waals surface area contributed by atoms with E-state index in [4.69, 9.17) is 51.7 Å². The van der Waals surface area contributed by atoms with Crippen molar-refractivity contribution in [3.63, 3.8) is 0 Å². The lowest BCUT2D eigenvalue weighted by molar-refractivity contribution is -0.155. The van der Waals surface area contributed by atoms with E-state index in [0.717, 1.165) is 10.8 Å². The minimum Gasteiger partial charge on any atom is -0.480 e. The maximum absolute atomic E-state index is 12.1. The molecule has 2 fully saturated rings. The van der Waals surface area contributed by atoms with E-state index >= 15 is 0 Å². The second-order valence-corrected chi connectivity index (χ2v) is 16.4. The molecule has 2 saturated heterocycles. The molecular formula is C34H44B2Cl2N4O8. The number of carboxylic acids is 1. The molecule has 0 spiro atoms. The number of ether oxygens (including phenoxy) is 1. The summed E-state index contributed by atoms with van der Waals surface area (Å²) in [4.78, 5) is 22.9. The van der Waals surface area contributed by atoms with Crippen LogP contribution in [0.2, 0.25) is 10.0 Å². The first-order valence-electron chi connectivity index (χ1n) is 16.4. The molecule has 50 heavy (non-hydrogen) atoms. The predicted molar refractivity (Wildman–Crippen MR) is 194 cm³/mol. The van der Waals surface area contributed by atoms with Crippen LogP contribution in [0.5, 0.6) is 0 Å². The highest BCUT2D eigenvalue weighted by Gasteiger charge is 2.53. The number of esters is 1. The molecule has 4 heterocycles. The van der Waals surface area contributed by atoms with Gasteiger partial charge >= 0.3 is 26.2 Å². The van der Waals surface area contributed by atoms with Gasteiger partial charge in [-0.2, -0.15) is 10.2 Å². The Labute approximate surface area is 302 Å². The Morgan fingerprint density at radius 2 is 1.08 bits per heavy atom. The summed E-state index contributed by atoms with van der Waals surface area (Å²) in [5.41, 5.74) is 0.457. The highest BCUT2D eigenvalue weighted by atomic mass is 35.5. The minimum atomic E-state index is -0.958. The van der Waals surface area contributed by atoms with Crippen molar-refractivity contribution in [2.75, 3.05) is 0 Å². The van der Waals surface area contributed by atoms with E-state index < -0.39 is 48.2 Å². The van der Waals surface area contributed by atoms with Gasteiger partial charge in [-0.3, -0.25) is 19.0 Å². The number of rotatable bonds is 6. The van der Waals surface area contributed by atoms with E-state index in [1.807, 2.05) is 94.4 Å². The summed E-state index contributed by atoms with van der Waals surface area (Å²) in [5, 5.41) is 19.9. The number of nitrogens with zero attached hydrogens (tertiary/aromatic N) is 4. The SMILES string of the molecule is CC(C)(C)OC(=O)Cn1cc2c(Cl)c(B3OC(C)(C)C(C)(C)O3)ccc2n1.CC1(C)OB(c2ccc3nn(CC(=O)O)cc3c2Cl)OC1(C)C. The molecule has 16 heteroatoms. The molecule has 12 nitrogen and oxygen atoms in total. The van der Waals surface area contributed by atoms with E-state index in [0.29, 0.717) is 31.9 Å². The molecule has 0 bridgehead atoms. The zero-order valence-corrected chi connectivity index (χ0v) is 31.9.